The average molecular weight is 419 g/mol. The summed E-state index contributed by atoms with van der Waals surface area (Å²) in [7, 11) is 0. The molecular weight excluding hydrogens is 400 g/mol. The van der Waals surface area contributed by atoms with E-state index in [0.29, 0.717) is 17.2 Å². The lowest BCUT2D eigenvalue weighted by atomic mass is 10.1. The maximum Gasteiger partial charge on any atom is 0.255 e. The molecular formula is C23H19F2N5O. The summed E-state index contributed by atoms with van der Waals surface area (Å²) < 4.78 is 26.4. The molecule has 8 heteroatoms. The third kappa shape index (κ3) is 4.32. The van der Waals surface area contributed by atoms with Crippen LogP contribution in [0.3, 0.4) is 0 Å². The zero-order valence-corrected chi connectivity index (χ0v) is 16.9. The number of nitrogens with zero attached hydrogens (tertiary/aromatic N) is 3. The fraction of sp³-hybridized carbons (Fsp3) is 0.130. The second-order valence-electron chi connectivity index (χ2n) is 6.98. The Balaban J connectivity index is 1.52. The number of pyridine rings is 1. The maximum absolute atomic E-state index is 13.3. The molecule has 0 saturated heterocycles. The Labute approximate surface area is 177 Å². The van der Waals surface area contributed by atoms with E-state index in [1.807, 2.05) is 13.0 Å². The predicted octanol–water partition coefficient (Wildman–Crippen LogP) is 5.17. The van der Waals surface area contributed by atoms with Crippen LogP contribution in [0.15, 0.2) is 54.9 Å². The normalized spacial score (nSPS) is 10.8. The van der Waals surface area contributed by atoms with Gasteiger partial charge >= 0.3 is 0 Å². The maximum atomic E-state index is 13.3. The van der Waals surface area contributed by atoms with Crippen molar-refractivity contribution in [2.24, 2.45) is 0 Å². The van der Waals surface area contributed by atoms with Gasteiger partial charge in [-0.25, -0.2) is 23.7 Å². The number of carbonyl (C=O) groups is 1. The number of hydrogen-bond acceptors (Lipinski definition) is 5. The lowest BCUT2D eigenvalue weighted by Gasteiger charge is -2.11. The SMILES string of the molecule is CCc1nc2ncnc(Nc3ccc(NC(=O)c4ccc(F)c(F)c4)cc3)c2cc1C. The fourth-order valence-corrected chi connectivity index (χ4v) is 3.20. The summed E-state index contributed by atoms with van der Waals surface area (Å²) in [6.45, 7) is 4.06. The molecule has 2 N–H and O–H groups in total. The summed E-state index contributed by atoms with van der Waals surface area (Å²) >= 11 is 0. The van der Waals surface area contributed by atoms with Crippen LogP contribution in [0.5, 0.6) is 0 Å². The topological polar surface area (TPSA) is 79.8 Å². The number of benzene rings is 2. The van der Waals surface area contributed by atoms with E-state index in [-0.39, 0.29) is 5.56 Å². The number of anilines is 3. The lowest BCUT2D eigenvalue weighted by molar-refractivity contribution is 0.102. The molecule has 0 bridgehead atoms. The van der Waals surface area contributed by atoms with Gasteiger partial charge in [-0.15, -0.1) is 0 Å². The number of hydrogen-bond donors (Lipinski definition) is 2. The smallest absolute Gasteiger partial charge is 0.255 e. The van der Waals surface area contributed by atoms with Crippen molar-refractivity contribution < 1.29 is 13.6 Å². The van der Waals surface area contributed by atoms with E-state index < -0.39 is 17.5 Å². The third-order valence-corrected chi connectivity index (χ3v) is 4.84. The van der Waals surface area contributed by atoms with Crippen molar-refractivity contribution in [2.45, 2.75) is 20.3 Å². The van der Waals surface area contributed by atoms with Crippen LogP contribution in [-0.4, -0.2) is 20.9 Å². The molecule has 156 valence electrons. The van der Waals surface area contributed by atoms with Gasteiger partial charge in [0, 0.05) is 22.6 Å². The summed E-state index contributed by atoms with van der Waals surface area (Å²) in [6.07, 6.45) is 2.29. The second-order valence-corrected chi connectivity index (χ2v) is 6.98. The van der Waals surface area contributed by atoms with Gasteiger partial charge in [0.2, 0.25) is 0 Å². The van der Waals surface area contributed by atoms with Crippen LogP contribution < -0.4 is 10.6 Å². The molecule has 1 amide bonds. The molecule has 4 rings (SSSR count). The van der Waals surface area contributed by atoms with E-state index >= 15 is 0 Å². The standard InChI is InChI=1S/C23H19F2N5O/c1-3-20-13(2)10-17-21(26-12-27-22(17)30-20)28-15-5-7-16(8-6-15)29-23(31)14-4-9-18(24)19(25)11-14/h4-12H,3H2,1-2H3,(H,29,31)(H,26,27,28,30). The van der Waals surface area contributed by atoms with Crippen LogP contribution in [0.2, 0.25) is 0 Å². The van der Waals surface area contributed by atoms with Gasteiger partial charge in [-0.3, -0.25) is 4.79 Å². The highest BCUT2D eigenvalue weighted by molar-refractivity contribution is 6.04. The Morgan fingerprint density at radius 2 is 1.71 bits per heavy atom. The molecule has 0 saturated carbocycles. The van der Waals surface area contributed by atoms with Crippen LogP contribution >= 0.6 is 0 Å². The first-order valence-electron chi connectivity index (χ1n) is 9.69. The molecule has 31 heavy (non-hydrogen) atoms. The number of nitrogens with one attached hydrogen (secondary N) is 2. The highest BCUT2D eigenvalue weighted by atomic mass is 19.2. The van der Waals surface area contributed by atoms with E-state index in [1.165, 1.54) is 12.4 Å². The average Bonchev–Trinajstić information content (AvgIpc) is 2.77. The number of amides is 1. The van der Waals surface area contributed by atoms with Crippen molar-refractivity contribution >= 4 is 34.1 Å². The van der Waals surface area contributed by atoms with Crippen LogP contribution in [-0.2, 0) is 6.42 Å². The third-order valence-electron chi connectivity index (χ3n) is 4.84. The predicted molar refractivity (Wildman–Crippen MR) is 115 cm³/mol. The first-order chi connectivity index (χ1) is 14.9. The van der Waals surface area contributed by atoms with Crippen molar-refractivity contribution in [3.63, 3.8) is 0 Å². The van der Waals surface area contributed by atoms with E-state index in [4.69, 9.17) is 0 Å². The highest BCUT2D eigenvalue weighted by Crippen LogP contribution is 2.25. The minimum absolute atomic E-state index is 0.0304. The van der Waals surface area contributed by atoms with E-state index in [2.05, 4.69) is 32.5 Å². The molecule has 0 aliphatic carbocycles. The summed E-state index contributed by atoms with van der Waals surface area (Å²) in [6, 6.07) is 12.0. The van der Waals surface area contributed by atoms with Crippen molar-refractivity contribution in [3.05, 3.63) is 83.3 Å². The second kappa shape index (κ2) is 8.43. The summed E-state index contributed by atoms with van der Waals surface area (Å²) in [5.74, 6) is -1.97. The molecule has 0 atom stereocenters. The van der Waals surface area contributed by atoms with Crippen molar-refractivity contribution in [3.8, 4) is 0 Å². The van der Waals surface area contributed by atoms with Crippen LogP contribution in [0, 0.1) is 18.6 Å². The van der Waals surface area contributed by atoms with Crippen molar-refractivity contribution in [2.75, 3.05) is 10.6 Å². The number of aryl methyl sites for hydroxylation is 2. The number of aromatic nitrogens is 3. The quantitative estimate of drug-likeness (QED) is 0.467. The van der Waals surface area contributed by atoms with E-state index in [0.717, 1.165) is 40.9 Å². The zero-order valence-electron chi connectivity index (χ0n) is 16.9. The molecule has 0 aliphatic rings. The lowest BCUT2D eigenvalue weighted by Crippen LogP contribution is -2.12. The Morgan fingerprint density at radius 1 is 0.968 bits per heavy atom. The first-order valence-corrected chi connectivity index (χ1v) is 9.69. The van der Waals surface area contributed by atoms with Crippen molar-refractivity contribution in [1.82, 2.24) is 15.0 Å². The molecule has 0 spiro atoms. The van der Waals surface area contributed by atoms with Gasteiger partial charge < -0.3 is 10.6 Å². The molecule has 2 aromatic heterocycles. The Kier molecular flexibility index (Phi) is 5.53. The van der Waals surface area contributed by atoms with Gasteiger partial charge in [0.1, 0.15) is 12.1 Å². The summed E-state index contributed by atoms with van der Waals surface area (Å²) in [4.78, 5) is 25.4. The Hall–Kier alpha value is -3.94. The van der Waals surface area contributed by atoms with Gasteiger partial charge in [-0.05, 0) is 67.4 Å². The molecule has 4 aromatic rings. The van der Waals surface area contributed by atoms with Crippen LogP contribution in [0.1, 0.15) is 28.5 Å². The number of halogens is 2. The minimum atomic E-state index is -1.07. The number of fused-ring (bicyclic) bond motifs is 1. The molecule has 0 radical (unpaired) electrons. The van der Waals surface area contributed by atoms with Gasteiger partial charge in [0.25, 0.3) is 5.91 Å². The zero-order chi connectivity index (χ0) is 22.0. The van der Waals surface area contributed by atoms with E-state index in [1.54, 1.807) is 24.3 Å². The monoisotopic (exact) mass is 419 g/mol. The largest absolute Gasteiger partial charge is 0.340 e. The molecule has 6 nitrogen and oxygen atoms in total. The number of carbonyl (C=O) groups excluding carboxylic acids is 1. The van der Waals surface area contributed by atoms with Gasteiger partial charge in [-0.1, -0.05) is 6.92 Å². The molecule has 0 unspecified atom stereocenters. The molecule has 2 aromatic carbocycles. The number of rotatable bonds is 5. The van der Waals surface area contributed by atoms with Gasteiger partial charge in [0.15, 0.2) is 17.3 Å². The van der Waals surface area contributed by atoms with E-state index in [9.17, 15) is 13.6 Å². The highest BCUT2D eigenvalue weighted by Gasteiger charge is 2.11. The van der Waals surface area contributed by atoms with Crippen LogP contribution in [0.4, 0.5) is 26.0 Å². The molecule has 0 aliphatic heterocycles. The van der Waals surface area contributed by atoms with Crippen LogP contribution in [0.25, 0.3) is 11.0 Å². The summed E-state index contributed by atoms with van der Waals surface area (Å²) in [5, 5.41) is 6.71. The summed E-state index contributed by atoms with van der Waals surface area (Å²) in [5.41, 5.74) is 3.99. The van der Waals surface area contributed by atoms with Gasteiger partial charge in [0.05, 0.1) is 5.39 Å². The Bertz CT molecular complexity index is 1280. The fourth-order valence-electron chi connectivity index (χ4n) is 3.20. The molecule has 2 heterocycles. The Morgan fingerprint density at radius 3 is 2.42 bits per heavy atom. The van der Waals surface area contributed by atoms with Crippen molar-refractivity contribution in [1.29, 1.82) is 0 Å². The molecule has 0 fully saturated rings. The minimum Gasteiger partial charge on any atom is -0.340 e. The van der Waals surface area contributed by atoms with Gasteiger partial charge in [-0.2, -0.15) is 0 Å². The first kappa shape index (κ1) is 20.3.